The van der Waals surface area contributed by atoms with Crippen LogP contribution in [0.1, 0.15) is 16.1 Å². The molecule has 0 bridgehead atoms. The molecule has 4 rings (SSSR count). The number of fused-ring (bicyclic) bond motifs is 1. The molecule has 134 valence electrons. The van der Waals surface area contributed by atoms with E-state index in [1.807, 2.05) is 19.1 Å². The van der Waals surface area contributed by atoms with Gasteiger partial charge in [0.15, 0.2) is 5.69 Å². The number of anilines is 1. The number of hydrogen-bond acceptors (Lipinski definition) is 5. The highest BCUT2D eigenvalue weighted by atomic mass is 16.1. The lowest BCUT2D eigenvalue weighted by Crippen LogP contribution is -2.17. The van der Waals surface area contributed by atoms with Gasteiger partial charge in [0.05, 0.1) is 23.1 Å². The predicted octanol–water partition coefficient (Wildman–Crippen LogP) is 1.97. The fourth-order valence-corrected chi connectivity index (χ4v) is 3.15. The number of aryl methyl sites for hydroxylation is 1. The maximum Gasteiger partial charge on any atom is 0.269 e. The highest BCUT2D eigenvalue weighted by Gasteiger charge is 2.19. The highest BCUT2D eigenvalue weighted by Crippen LogP contribution is 2.37. The van der Waals surface area contributed by atoms with Gasteiger partial charge in [-0.1, -0.05) is 6.07 Å². The van der Waals surface area contributed by atoms with E-state index in [-0.39, 0.29) is 16.9 Å². The molecule has 4 aromatic rings. The van der Waals surface area contributed by atoms with Gasteiger partial charge in [-0.05, 0) is 36.2 Å². The molecule has 0 fully saturated rings. The average molecular weight is 360 g/mol. The maximum atomic E-state index is 11.9. The summed E-state index contributed by atoms with van der Waals surface area (Å²) in [5, 5.41) is 7.89. The molecule has 1 amide bonds. The number of benzene rings is 1. The molecule has 8 heteroatoms. The molecule has 0 aliphatic rings. The van der Waals surface area contributed by atoms with Crippen LogP contribution in [-0.2, 0) is 0 Å². The molecule has 0 unspecified atom stereocenters. The molecule has 0 radical (unpaired) electrons. The Bertz CT molecular complexity index is 1230. The van der Waals surface area contributed by atoms with Crippen LogP contribution in [0.15, 0.2) is 47.5 Å². The van der Waals surface area contributed by atoms with E-state index in [1.54, 1.807) is 18.3 Å². The Morgan fingerprint density at radius 1 is 1.19 bits per heavy atom. The fraction of sp³-hybridized carbons (Fsp3) is 0.0526. The zero-order valence-electron chi connectivity index (χ0n) is 14.4. The van der Waals surface area contributed by atoms with Crippen molar-refractivity contribution >= 4 is 22.5 Å². The normalized spacial score (nSPS) is 11.0. The van der Waals surface area contributed by atoms with Crippen molar-refractivity contribution in [2.24, 2.45) is 5.73 Å². The van der Waals surface area contributed by atoms with Crippen molar-refractivity contribution in [3.05, 3.63) is 64.3 Å². The summed E-state index contributed by atoms with van der Waals surface area (Å²) in [5.41, 5.74) is 16.1. The second-order valence-corrected chi connectivity index (χ2v) is 6.21. The van der Waals surface area contributed by atoms with Crippen molar-refractivity contribution in [1.82, 2.24) is 20.2 Å². The number of nitrogens with zero attached hydrogens (tertiary/aromatic N) is 2. The molecular formula is C19H16N6O2. The first kappa shape index (κ1) is 16.5. The van der Waals surface area contributed by atoms with Crippen LogP contribution >= 0.6 is 0 Å². The van der Waals surface area contributed by atoms with E-state index in [1.165, 1.54) is 12.3 Å². The van der Waals surface area contributed by atoms with Crippen molar-refractivity contribution in [1.29, 1.82) is 0 Å². The summed E-state index contributed by atoms with van der Waals surface area (Å²) in [7, 11) is 0. The Hall–Kier alpha value is -3.94. The van der Waals surface area contributed by atoms with Crippen LogP contribution in [0, 0.1) is 6.92 Å². The third-order valence-electron chi connectivity index (χ3n) is 4.47. The third kappa shape index (κ3) is 2.73. The van der Waals surface area contributed by atoms with Crippen LogP contribution in [0.3, 0.4) is 0 Å². The number of nitrogen functional groups attached to an aromatic ring is 1. The molecule has 3 heterocycles. The van der Waals surface area contributed by atoms with Gasteiger partial charge in [0.2, 0.25) is 5.56 Å². The molecule has 0 atom stereocenters. The van der Waals surface area contributed by atoms with E-state index in [2.05, 4.69) is 20.2 Å². The van der Waals surface area contributed by atoms with Gasteiger partial charge in [-0.25, -0.2) is 4.98 Å². The number of primary amides is 1. The van der Waals surface area contributed by atoms with Crippen molar-refractivity contribution < 1.29 is 4.79 Å². The summed E-state index contributed by atoms with van der Waals surface area (Å²) >= 11 is 0. The largest absolute Gasteiger partial charge is 0.396 e. The van der Waals surface area contributed by atoms with Crippen LogP contribution in [0.2, 0.25) is 0 Å². The van der Waals surface area contributed by atoms with E-state index < -0.39 is 5.91 Å². The number of carbonyl (C=O) groups is 1. The van der Waals surface area contributed by atoms with Crippen LogP contribution < -0.4 is 17.0 Å². The minimum Gasteiger partial charge on any atom is -0.396 e. The Kier molecular flexibility index (Phi) is 3.73. The Morgan fingerprint density at radius 3 is 2.70 bits per heavy atom. The van der Waals surface area contributed by atoms with Gasteiger partial charge >= 0.3 is 0 Å². The predicted molar refractivity (Wildman–Crippen MR) is 103 cm³/mol. The topological polar surface area (TPSA) is 144 Å². The van der Waals surface area contributed by atoms with E-state index >= 15 is 0 Å². The molecule has 8 nitrogen and oxygen atoms in total. The molecule has 3 aromatic heterocycles. The second kappa shape index (κ2) is 6.10. The maximum absolute atomic E-state index is 11.9. The summed E-state index contributed by atoms with van der Waals surface area (Å²) < 4.78 is 0. The molecular weight excluding hydrogens is 344 g/mol. The lowest BCUT2D eigenvalue weighted by Gasteiger charge is -2.14. The van der Waals surface area contributed by atoms with E-state index in [0.29, 0.717) is 16.8 Å². The monoisotopic (exact) mass is 360 g/mol. The minimum atomic E-state index is -0.725. The number of nitrogens with two attached hydrogens (primary N) is 2. The Balaban J connectivity index is 2.06. The second-order valence-electron chi connectivity index (χ2n) is 6.21. The first-order valence-corrected chi connectivity index (χ1v) is 8.18. The van der Waals surface area contributed by atoms with Gasteiger partial charge in [-0.3, -0.25) is 14.7 Å². The summed E-state index contributed by atoms with van der Waals surface area (Å²) in [6.07, 6.45) is 3.24. The molecule has 0 saturated carbocycles. The van der Waals surface area contributed by atoms with Crippen LogP contribution in [-0.4, -0.2) is 26.1 Å². The van der Waals surface area contributed by atoms with E-state index in [0.717, 1.165) is 22.0 Å². The summed E-state index contributed by atoms with van der Waals surface area (Å²) in [6, 6.07) is 8.66. The van der Waals surface area contributed by atoms with E-state index in [4.69, 9.17) is 11.5 Å². The number of pyridine rings is 2. The van der Waals surface area contributed by atoms with Gasteiger partial charge in [0, 0.05) is 28.8 Å². The molecule has 27 heavy (non-hydrogen) atoms. The standard InChI is InChI=1S/C19H16N6O2/c1-9-2-4-13-12(8-23-25-13)16(9)11-6-14(10-3-5-15(26)22-7-10)24-18(17(11)20)19(21)27/h2-8H,20H2,1H3,(H2,21,27)(H,22,26)(H,23,25). The van der Waals surface area contributed by atoms with Crippen LogP contribution in [0.25, 0.3) is 33.3 Å². The molecule has 0 aliphatic carbocycles. The Morgan fingerprint density at radius 2 is 2.00 bits per heavy atom. The molecule has 1 aromatic carbocycles. The van der Waals surface area contributed by atoms with Gasteiger partial charge in [0.1, 0.15) is 0 Å². The quantitative estimate of drug-likeness (QED) is 0.441. The number of amides is 1. The molecule has 0 saturated heterocycles. The average Bonchev–Trinajstić information content (AvgIpc) is 3.11. The highest BCUT2D eigenvalue weighted by molar-refractivity contribution is 6.05. The molecule has 6 N–H and O–H groups in total. The van der Waals surface area contributed by atoms with E-state index in [9.17, 15) is 9.59 Å². The number of nitrogens with one attached hydrogen (secondary N) is 2. The third-order valence-corrected chi connectivity index (χ3v) is 4.47. The van der Waals surface area contributed by atoms with Gasteiger partial charge in [0.25, 0.3) is 5.91 Å². The van der Waals surface area contributed by atoms with Crippen LogP contribution in [0.5, 0.6) is 0 Å². The fourth-order valence-electron chi connectivity index (χ4n) is 3.15. The number of H-pyrrole nitrogens is 2. The summed E-state index contributed by atoms with van der Waals surface area (Å²) in [5.74, 6) is -0.725. The first-order valence-electron chi connectivity index (χ1n) is 8.18. The van der Waals surface area contributed by atoms with Gasteiger partial charge < -0.3 is 16.5 Å². The van der Waals surface area contributed by atoms with Crippen molar-refractivity contribution in [2.45, 2.75) is 6.92 Å². The zero-order chi connectivity index (χ0) is 19.1. The van der Waals surface area contributed by atoms with Crippen LogP contribution in [0.4, 0.5) is 5.69 Å². The Labute approximate surface area is 153 Å². The molecule has 0 aliphatic heterocycles. The SMILES string of the molecule is Cc1ccc2[nH]ncc2c1-c1cc(-c2ccc(=O)[nH]c2)nc(C(N)=O)c1N. The van der Waals surface area contributed by atoms with Crippen molar-refractivity contribution in [3.8, 4) is 22.4 Å². The lowest BCUT2D eigenvalue weighted by molar-refractivity contribution is 0.0996. The molecule has 0 spiro atoms. The number of aromatic nitrogens is 4. The number of rotatable bonds is 3. The number of carbonyl (C=O) groups excluding carboxylic acids is 1. The first-order chi connectivity index (χ1) is 13.0. The summed E-state index contributed by atoms with van der Waals surface area (Å²) in [6.45, 7) is 1.95. The number of aromatic amines is 2. The summed E-state index contributed by atoms with van der Waals surface area (Å²) in [4.78, 5) is 30.2. The minimum absolute atomic E-state index is 0.0198. The van der Waals surface area contributed by atoms with Crippen molar-refractivity contribution in [3.63, 3.8) is 0 Å². The van der Waals surface area contributed by atoms with Gasteiger partial charge in [-0.2, -0.15) is 5.10 Å². The number of hydrogen-bond donors (Lipinski definition) is 4. The van der Waals surface area contributed by atoms with Crippen molar-refractivity contribution in [2.75, 3.05) is 5.73 Å². The zero-order valence-corrected chi connectivity index (χ0v) is 14.4. The smallest absolute Gasteiger partial charge is 0.269 e. The lowest BCUT2D eigenvalue weighted by atomic mass is 9.94. The van der Waals surface area contributed by atoms with Gasteiger partial charge in [-0.15, -0.1) is 0 Å².